The van der Waals surface area contributed by atoms with Gasteiger partial charge in [-0.05, 0) is 37.7 Å². The number of aryl methyl sites for hydroxylation is 1. The van der Waals surface area contributed by atoms with Crippen LogP contribution in [-0.4, -0.2) is 11.7 Å². The number of hydrogen-bond donors (Lipinski definition) is 1. The van der Waals surface area contributed by atoms with Crippen LogP contribution in [0, 0.1) is 0 Å². The molecule has 0 saturated heterocycles. The first-order valence-electron chi connectivity index (χ1n) is 5.64. The lowest BCUT2D eigenvalue weighted by Crippen LogP contribution is -1.90. The molecule has 1 aromatic carbocycles. The molecule has 0 saturated carbocycles. The molecule has 1 nitrogen and oxygen atoms in total. The Kier molecular flexibility index (Phi) is 5.79. The molecule has 0 heterocycles. The summed E-state index contributed by atoms with van der Waals surface area (Å²) in [5, 5.41) is 8.66. The monoisotopic (exact) mass is 204 g/mol. The van der Waals surface area contributed by atoms with Gasteiger partial charge in [-0.15, -0.1) is 0 Å². The molecule has 0 aliphatic rings. The summed E-state index contributed by atoms with van der Waals surface area (Å²) in [5.74, 6) is 0. The van der Waals surface area contributed by atoms with Crippen LogP contribution in [0.4, 0.5) is 0 Å². The Balaban J connectivity index is 2.17. The number of benzene rings is 1. The van der Waals surface area contributed by atoms with E-state index in [0.29, 0.717) is 6.61 Å². The van der Waals surface area contributed by atoms with Crippen molar-refractivity contribution in [3.8, 4) is 0 Å². The first-order valence-corrected chi connectivity index (χ1v) is 5.64. The third-order valence-corrected chi connectivity index (χ3v) is 2.55. The zero-order valence-electron chi connectivity index (χ0n) is 9.28. The Bertz CT molecular complexity index is 277. The van der Waals surface area contributed by atoms with Crippen molar-refractivity contribution >= 4 is 0 Å². The minimum atomic E-state index is 0.298. The van der Waals surface area contributed by atoms with Crippen LogP contribution >= 0.6 is 0 Å². The van der Waals surface area contributed by atoms with Gasteiger partial charge in [-0.25, -0.2) is 0 Å². The molecule has 0 unspecified atom stereocenters. The maximum absolute atomic E-state index is 8.66. The minimum Gasteiger partial charge on any atom is -0.396 e. The number of aliphatic hydroxyl groups excluding tert-OH is 1. The summed E-state index contributed by atoms with van der Waals surface area (Å²) in [4.78, 5) is 0. The molecule has 1 heteroatoms. The average Bonchev–Trinajstić information content (AvgIpc) is 2.28. The quantitative estimate of drug-likeness (QED) is 0.533. The van der Waals surface area contributed by atoms with E-state index in [1.165, 1.54) is 11.1 Å². The van der Waals surface area contributed by atoms with Crippen LogP contribution < -0.4 is 0 Å². The molecule has 1 rings (SSSR count). The Morgan fingerprint density at radius 3 is 2.47 bits per heavy atom. The fourth-order valence-electron chi connectivity index (χ4n) is 1.58. The second-order valence-electron chi connectivity index (χ2n) is 3.92. The zero-order chi connectivity index (χ0) is 10.9. The van der Waals surface area contributed by atoms with Crippen molar-refractivity contribution in [2.24, 2.45) is 0 Å². The van der Waals surface area contributed by atoms with Crippen molar-refractivity contribution in [2.45, 2.75) is 32.1 Å². The molecule has 0 atom stereocenters. The molecule has 0 amide bonds. The molecule has 0 spiro atoms. The fourth-order valence-corrected chi connectivity index (χ4v) is 1.58. The Morgan fingerprint density at radius 1 is 1.07 bits per heavy atom. The highest BCUT2D eigenvalue weighted by molar-refractivity contribution is 5.16. The van der Waals surface area contributed by atoms with Crippen molar-refractivity contribution in [3.63, 3.8) is 0 Å². The van der Waals surface area contributed by atoms with E-state index in [1.807, 2.05) is 6.07 Å². The molecule has 0 aliphatic heterocycles. The summed E-state index contributed by atoms with van der Waals surface area (Å²) in [6, 6.07) is 10.5. The van der Waals surface area contributed by atoms with Crippen molar-refractivity contribution in [1.82, 2.24) is 0 Å². The van der Waals surface area contributed by atoms with E-state index < -0.39 is 0 Å². The lowest BCUT2D eigenvalue weighted by molar-refractivity contribution is 0.284. The van der Waals surface area contributed by atoms with Crippen LogP contribution in [0.15, 0.2) is 42.5 Å². The molecule has 15 heavy (non-hydrogen) atoms. The standard InChI is InChI=1S/C14H20O/c1-13(7-5-6-12-15)10-11-14-8-3-2-4-9-14/h2-4,8-9,15H,1,5-7,10-12H2. The molecule has 0 aliphatic carbocycles. The van der Waals surface area contributed by atoms with Crippen LogP contribution in [0.2, 0.25) is 0 Å². The van der Waals surface area contributed by atoms with Crippen LogP contribution in [0.25, 0.3) is 0 Å². The Hall–Kier alpha value is -1.08. The minimum absolute atomic E-state index is 0.298. The van der Waals surface area contributed by atoms with E-state index in [-0.39, 0.29) is 0 Å². The van der Waals surface area contributed by atoms with Crippen LogP contribution in [-0.2, 0) is 6.42 Å². The van der Waals surface area contributed by atoms with Gasteiger partial charge in [0.15, 0.2) is 0 Å². The second kappa shape index (κ2) is 7.24. The Labute approximate surface area is 92.5 Å². The third kappa shape index (κ3) is 5.38. The highest BCUT2D eigenvalue weighted by Gasteiger charge is 1.96. The van der Waals surface area contributed by atoms with Gasteiger partial charge in [0.05, 0.1) is 0 Å². The maximum atomic E-state index is 8.66. The van der Waals surface area contributed by atoms with E-state index in [4.69, 9.17) is 5.11 Å². The highest BCUT2D eigenvalue weighted by Crippen LogP contribution is 2.13. The molecule has 1 N–H and O–H groups in total. The average molecular weight is 204 g/mol. The maximum Gasteiger partial charge on any atom is 0.0431 e. The molecular formula is C14H20O. The molecule has 0 aromatic heterocycles. The number of allylic oxidation sites excluding steroid dienone is 1. The molecule has 82 valence electrons. The van der Waals surface area contributed by atoms with Crippen molar-refractivity contribution in [2.75, 3.05) is 6.61 Å². The summed E-state index contributed by atoms with van der Waals surface area (Å²) in [5.41, 5.74) is 2.67. The van der Waals surface area contributed by atoms with Crippen LogP contribution in [0.5, 0.6) is 0 Å². The van der Waals surface area contributed by atoms with Crippen LogP contribution in [0.1, 0.15) is 31.2 Å². The summed E-state index contributed by atoms with van der Waals surface area (Å²) in [7, 11) is 0. The predicted molar refractivity (Wildman–Crippen MR) is 64.8 cm³/mol. The van der Waals surface area contributed by atoms with E-state index in [1.54, 1.807) is 0 Å². The zero-order valence-corrected chi connectivity index (χ0v) is 9.28. The largest absolute Gasteiger partial charge is 0.396 e. The summed E-state index contributed by atoms with van der Waals surface area (Å²) >= 11 is 0. The van der Waals surface area contributed by atoms with Gasteiger partial charge in [0, 0.05) is 6.61 Å². The first-order chi connectivity index (χ1) is 7.33. The van der Waals surface area contributed by atoms with Crippen LogP contribution in [0.3, 0.4) is 0 Å². The molecule has 1 aromatic rings. The predicted octanol–water partition coefficient (Wildman–Crippen LogP) is 3.34. The highest BCUT2D eigenvalue weighted by atomic mass is 16.2. The van der Waals surface area contributed by atoms with Crippen molar-refractivity contribution in [1.29, 1.82) is 0 Å². The number of aliphatic hydroxyl groups is 1. The van der Waals surface area contributed by atoms with E-state index in [9.17, 15) is 0 Å². The number of hydrogen-bond acceptors (Lipinski definition) is 1. The van der Waals surface area contributed by atoms with Gasteiger partial charge in [-0.2, -0.15) is 0 Å². The summed E-state index contributed by atoms with van der Waals surface area (Å²) < 4.78 is 0. The van der Waals surface area contributed by atoms with E-state index in [2.05, 4.69) is 30.8 Å². The fraction of sp³-hybridized carbons (Fsp3) is 0.429. The lowest BCUT2D eigenvalue weighted by atomic mass is 10.0. The third-order valence-electron chi connectivity index (χ3n) is 2.55. The molecule has 0 bridgehead atoms. The Morgan fingerprint density at radius 2 is 1.80 bits per heavy atom. The van der Waals surface area contributed by atoms with Gasteiger partial charge in [-0.1, -0.05) is 42.5 Å². The van der Waals surface area contributed by atoms with Crippen molar-refractivity contribution < 1.29 is 5.11 Å². The topological polar surface area (TPSA) is 20.2 Å². The second-order valence-corrected chi connectivity index (χ2v) is 3.92. The van der Waals surface area contributed by atoms with Gasteiger partial charge in [0.25, 0.3) is 0 Å². The molecular weight excluding hydrogens is 184 g/mol. The van der Waals surface area contributed by atoms with Gasteiger partial charge >= 0.3 is 0 Å². The summed E-state index contributed by atoms with van der Waals surface area (Å²) in [6.45, 7) is 4.36. The van der Waals surface area contributed by atoms with E-state index >= 15 is 0 Å². The normalized spacial score (nSPS) is 10.2. The van der Waals surface area contributed by atoms with Crippen molar-refractivity contribution in [3.05, 3.63) is 48.0 Å². The van der Waals surface area contributed by atoms with Gasteiger partial charge in [0.1, 0.15) is 0 Å². The van der Waals surface area contributed by atoms with Gasteiger partial charge < -0.3 is 5.11 Å². The lowest BCUT2D eigenvalue weighted by Gasteiger charge is -2.05. The van der Waals surface area contributed by atoms with Gasteiger partial charge in [-0.3, -0.25) is 0 Å². The molecule has 0 radical (unpaired) electrons. The van der Waals surface area contributed by atoms with E-state index in [0.717, 1.165) is 32.1 Å². The number of rotatable bonds is 7. The molecule has 0 fully saturated rings. The number of unbranched alkanes of at least 4 members (excludes halogenated alkanes) is 1. The smallest absolute Gasteiger partial charge is 0.0431 e. The SMILES string of the molecule is C=C(CCCCO)CCc1ccccc1. The first kappa shape index (κ1) is 12.0. The van der Waals surface area contributed by atoms with Gasteiger partial charge in [0.2, 0.25) is 0 Å². The summed E-state index contributed by atoms with van der Waals surface area (Å²) in [6.07, 6.45) is 5.15.